The van der Waals surface area contributed by atoms with Crippen molar-refractivity contribution in [3.63, 3.8) is 0 Å². The highest BCUT2D eigenvalue weighted by atomic mass is 32.2. The van der Waals surface area contributed by atoms with Gasteiger partial charge in [-0.05, 0) is 36.8 Å². The molecule has 140 valence electrons. The summed E-state index contributed by atoms with van der Waals surface area (Å²) in [5, 5.41) is 0. The van der Waals surface area contributed by atoms with Crippen molar-refractivity contribution in [2.75, 3.05) is 25.4 Å². The van der Waals surface area contributed by atoms with E-state index in [0.717, 1.165) is 25.9 Å². The minimum atomic E-state index is -3.37. The van der Waals surface area contributed by atoms with E-state index in [-0.39, 0.29) is 11.7 Å². The van der Waals surface area contributed by atoms with Crippen LogP contribution in [0.3, 0.4) is 0 Å². The van der Waals surface area contributed by atoms with Gasteiger partial charge in [0.05, 0.1) is 11.3 Å². The largest absolute Gasteiger partial charge is 0.339 e. The molecule has 0 radical (unpaired) electrons. The number of fused-ring (bicyclic) bond motifs is 1. The number of sulfonamides is 1. The lowest BCUT2D eigenvalue weighted by Crippen LogP contribution is -2.39. The van der Waals surface area contributed by atoms with Gasteiger partial charge in [-0.3, -0.25) is 4.79 Å². The maximum atomic E-state index is 12.9. The maximum absolute atomic E-state index is 12.9. The molecule has 0 saturated carbocycles. The number of nitrogens with zero attached hydrogens (tertiary/aromatic N) is 3. The molecule has 0 aliphatic carbocycles. The quantitative estimate of drug-likeness (QED) is 0.693. The summed E-state index contributed by atoms with van der Waals surface area (Å²) in [6.45, 7) is 10.4. The maximum Gasteiger partial charge on any atom is 0.256 e. The molecule has 2 heterocycles. The highest BCUT2D eigenvalue weighted by Gasteiger charge is 2.26. The first-order valence-electron chi connectivity index (χ1n) is 8.96. The molecule has 0 aromatic rings. The van der Waals surface area contributed by atoms with Crippen molar-refractivity contribution in [3.05, 3.63) is 23.9 Å². The van der Waals surface area contributed by atoms with Gasteiger partial charge in [0.2, 0.25) is 0 Å². The van der Waals surface area contributed by atoms with Gasteiger partial charge in [0.25, 0.3) is 15.9 Å². The standard InChI is InChI=1S/C18H29N3O3S/c1-14(2)7-9-20(10-8-15(3)4)18(22)16-5-6-17-19-25(23,24)12-11-21(17)13-16/h5-6,13-15H,7-12H2,1-4H3. The van der Waals surface area contributed by atoms with E-state index < -0.39 is 10.0 Å². The number of hydrogen-bond donors (Lipinski definition) is 0. The number of carbonyl (C=O) groups is 1. The highest BCUT2D eigenvalue weighted by molar-refractivity contribution is 7.90. The van der Waals surface area contributed by atoms with Crippen LogP contribution in [0.4, 0.5) is 0 Å². The molecule has 6 nitrogen and oxygen atoms in total. The fourth-order valence-corrected chi connectivity index (χ4v) is 3.62. The Hall–Kier alpha value is -1.63. The van der Waals surface area contributed by atoms with Crippen LogP contribution in [-0.4, -0.2) is 55.3 Å². The molecule has 2 aliphatic heterocycles. The number of amides is 1. The lowest BCUT2D eigenvalue weighted by atomic mass is 10.1. The zero-order chi connectivity index (χ0) is 18.6. The van der Waals surface area contributed by atoms with Gasteiger partial charge >= 0.3 is 0 Å². The monoisotopic (exact) mass is 367 g/mol. The van der Waals surface area contributed by atoms with Crippen molar-refractivity contribution in [2.45, 2.75) is 40.5 Å². The van der Waals surface area contributed by atoms with Crippen LogP contribution in [0.5, 0.6) is 0 Å². The highest BCUT2D eigenvalue weighted by Crippen LogP contribution is 2.18. The molecule has 0 fully saturated rings. The molecular weight excluding hydrogens is 338 g/mol. The minimum Gasteiger partial charge on any atom is -0.339 e. The van der Waals surface area contributed by atoms with Crippen LogP contribution < -0.4 is 0 Å². The van der Waals surface area contributed by atoms with Gasteiger partial charge in [-0.2, -0.15) is 0 Å². The van der Waals surface area contributed by atoms with Crippen LogP contribution in [0.25, 0.3) is 0 Å². The average molecular weight is 368 g/mol. The number of rotatable bonds is 7. The molecule has 0 saturated heterocycles. The second-order valence-electron chi connectivity index (χ2n) is 7.50. The van der Waals surface area contributed by atoms with Crippen molar-refractivity contribution in [3.8, 4) is 0 Å². The molecule has 0 atom stereocenters. The first kappa shape index (κ1) is 19.7. The Balaban J connectivity index is 2.13. The lowest BCUT2D eigenvalue weighted by Gasteiger charge is -2.30. The Morgan fingerprint density at radius 3 is 2.32 bits per heavy atom. The normalized spacial score (nSPS) is 18.9. The third-order valence-electron chi connectivity index (χ3n) is 4.31. The summed E-state index contributed by atoms with van der Waals surface area (Å²) < 4.78 is 26.9. The smallest absolute Gasteiger partial charge is 0.256 e. The molecule has 2 rings (SSSR count). The van der Waals surface area contributed by atoms with E-state index in [4.69, 9.17) is 0 Å². The summed E-state index contributed by atoms with van der Waals surface area (Å²) in [5.41, 5.74) is 0.589. The number of hydrogen-bond acceptors (Lipinski definition) is 4. The van der Waals surface area contributed by atoms with Gasteiger partial charge in [0, 0.05) is 25.8 Å². The Morgan fingerprint density at radius 1 is 1.16 bits per heavy atom. The van der Waals surface area contributed by atoms with E-state index in [1.54, 1.807) is 23.3 Å². The first-order chi connectivity index (χ1) is 11.7. The number of amidine groups is 1. The number of carbonyl (C=O) groups excluding carboxylic acids is 1. The fraction of sp³-hybridized carbons (Fsp3) is 0.667. The predicted octanol–water partition coefficient (Wildman–Crippen LogP) is 2.40. The summed E-state index contributed by atoms with van der Waals surface area (Å²) in [6, 6.07) is 0. The topological polar surface area (TPSA) is 70.1 Å². The van der Waals surface area contributed by atoms with Crippen molar-refractivity contribution in [2.24, 2.45) is 16.2 Å². The molecule has 0 aromatic carbocycles. The van der Waals surface area contributed by atoms with Crippen molar-refractivity contribution < 1.29 is 13.2 Å². The van der Waals surface area contributed by atoms with Crippen molar-refractivity contribution >= 4 is 21.8 Å². The minimum absolute atomic E-state index is 0.00466. The SMILES string of the molecule is CC(C)CCN(CCC(C)C)C(=O)C1=CN2CCS(=O)(=O)N=C2C=C1. The fourth-order valence-electron chi connectivity index (χ4n) is 2.65. The van der Waals surface area contributed by atoms with E-state index in [2.05, 4.69) is 32.1 Å². The Kier molecular flexibility index (Phi) is 6.43. The average Bonchev–Trinajstić information content (AvgIpc) is 2.52. The summed E-state index contributed by atoms with van der Waals surface area (Å²) in [5.74, 6) is 1.45. The van der Waals surface area contributed by atoms with Gasteiger partial charge < -0.3 is 9.80 Å². The second-order valence-corrected chi connectivity index (χ2v) is 9.26. The van der Waals surface area contributed by atoms with Crippen LogP contribution in [0, 0.1) is 11.8 Å². The molecule has 2 aliphatic rings. The van der Waals surface area contributed by atoms with Crippen molar-refractivity contribution in [1.82, 2.24) is 9.80 Å². The lowest BCUT2D eigenvalue weighted by molar-refractivity contribution is -0.127. The van der Waals surface area contributed by atoms with E-state index in [9.17, 15) is 13.2 Å². The zero-order valence-electron chi connectivity index (χ0n) is 15.6. The second kappa shape index (κ2) is 8.17. The van der Waals surface area contributed by atoms with Gasteiger partial charge in [0.1, 0.15) is 5.84 Å². The summed E-state index contributed by atoms with van der Waals surface area (Å²) in [7, 11) is -3.37. The van der Waals surface area contributed by atoms with Crippen LogP contribution in [0.1, 0.15) is 40.5 Å². The van der Waals surface area contributed by atoms with Crippen LogP contribution >= 0.6 is 0 Å². The molecule has 0 aromatic heterocycles. The Bertz CT molecular complexity index is 678. The third-order valence-corrected chi connectivity index (χ3v) is 5.47. The van der Waals surface area contributed by atoms with Gasteiger partial charge in [0.15, 0.2) is 0 Å². The van der Waals surface area contributed by atoms with Crippen molar-refractivity contribution in [1.29, 1.82) is 0 Å². The molecule has 0 unspecified atom stereocenters. The molecule has 0 N–H and O–H groups in total. The van der Waals surface area contributed by atoms with E-state index in [1.807, 2.05) is 4.90 Å². The van der Waals surface area contributed by atoms with Gasteiger partial charge in [-0.1, -0.05) is 27.7 Å². The van der Waals surface area contributed by atoms with E-state index in [1.165, 1.54) is 0 Å². The van der Waals surface area contributed by atoms with E-state index >= 15 is 0 Å². The van der Waals surface area contributed by atoms with Gasteiger partial charge in [-0.25, -0.2) is 8.42 Å². The van der Waals surface area contributed by atoms with Crippen LogP contribution in [-0.2, 0) is 14.8 Å². The van der Waals surface area contributed by atoms with Crippen LogP contribution in [0.15, 0.2) is 28.3 Å². The Morgan fingerprint density at radius 2 is 1.76 bits per heavy atom. The predicted molar refractivity (Wildman–Crippen MR) is 101 cm³/mol. The first-order valence-corrected chi connectivity index (χ1v) is 10.6. The molecule has 7 heteroatoms. The third kappa shape index (κ3) is 5.70. The molecule has 1 amide bonds. The summed E-state index contributed by atoms with van der Waals surface area (Å²) >= 11 is 0. The molecule has 0 bridgehead atoms. The van der Waals surface area contributed by atoms with Gasteiger partial charge in [-0.15, -0.1) is 4.40 Å². The summed E-state index contributed by atoms with van der Waals surface area (Å²) in [6.07, 6.45) is 6.96. The van der Waals surface area contributed by atoms with Crippen LogP contribution in [0.2, 0.25) is 0 Å². The Labute approximate surface area is 151 Å². The van der Waals surface area contributed by atoms with E-state index in [0.29, 0.717) is 29.8 Å². The molecule has 25 heavy (non-hydrogen) atoms. The zero-order valence-corrected chi connectivity index (χ0v) is 16.4. The summed E-state index contributed by atoms with van der Waals surface area (Å²) in [4.78, 5) is 16.6. The molecule has 0 spiro atoms. The molecular formula is C18H29N3O3S.